The summed E-state index contributed by atoms with van der Waals surface area (Å²) in [4.78, 5) is 0. The Bertz CT molecular complexity index is 643. The minimum Gasteiger partial charge on any atom is -0.493 e. The number of hydrogen-bond acceptors (Lipinski definition) is 2. The largest absolute Gasteiger partial charge is 0.493 e. The lowest BCUT2D eigenvalue weighted by Gasteiger charge is -2.16. The van der Waals surface area contributed by atoms with Crippen LogP contribution >= 0.6 is 0 Å². The molecule has 0 saturated carbocycles. The van der Waals surface area contributed by atoms with Crippen molar-refractivity contribution in [2.45, 2.75) is 59.3 Å². The van der Waals surface area contributed by atoms with Gasteiger partial charge in [-0.05, 0) is 74.0 Å². The van der Waals surface area contributed by atoms with E-state index in [-0.39, 0.29) is 0 Å². The third-order valence-corrected chi connectivity index (χ3v) is 4.89. The average Bonchev–Trinajstić information content (AvgIpc) is 2.59. The van der Waals surface area contributed by atoms with Crippen LogP contribution in [0.4, 0.5) is 0 Å². The van der Waals surface area contributed by atoms with Crippen molar-refractivity contribution in [1.29, 1.82) is 0 Å². The quantitative estimate of drug-likeness (QED) is 0.542. The van der Waals surface area contributed by atoms with Gasteiger partial charge in [-0.25, -0.2) is 0 Å². The molecule has 136 valence electrons. The van der Waals surface area contributed by atoms with Crippen molar-refractivity contribution in [1.82, 2.24) is 0 Å². The second-order valence-corrected chi connectivity index (χ2v) is 6.95. The van der Waals surface area contributed by atoms with Crippen molar-refractivity contribution in [2.75, 3.05) is 13.2 Å². The fourth-order valence-electron chi connectivity index (χ4n) is 3.42. The SMILES string of the molecule is Cc1cccc(C)c1-c1cccc(OCCCCCCCCN)c1C. The monoisotopic (exact) mass is 339 g/mol. The van der Waals surface area contributed by atoms with E-state index in [2.05, 4.69) is 57.2 Å². The van der Waals surface area contributed by atoms with Crippen molar-refractivity contribution >= 4 is 0 Å². The van der Waals surface area contributed by atoms with Gasteiger partial charge in [0, 0.05) is 0 Å². The zero-order chi connectivity index (χ0) is 18.1. The topological polar surface area (TPSA) is 35.2 Å². The zero-order valence-electron chi connectivity index (χ0n) is 16.1. The molecule has 0 bridgehead atoms. The summed E-state index contributed by atoms with van der Waals surface area (Å²) in [5, 5.41) is 0. The van der Waals surface area contributed by atoms with Crippen LogP contribution in [0.15, 0.2) is 36.4 Å². The number of rotatable bonds is 10. The molecule has 0 atom stereocenters. The summed E-state index contributed by atoms with van der Waals surface area (Å²) in [6.45, 7) is 8.15. The number of benzene rings is 2. The average molecular weight is 340 g/mol. The second-order valence-electron chi connectivity index (χ2n) is 6.95. The minimum atomic E-state index is 0.800. The highest BCUT2D eigenvalue weighted by molar-refractivity contribution is 5.75. The standard InChI is InChI=1S/C23H33NO/c1-18-12-10-13-19(2)23(18)21-14-11-15-22(20(21)3)25-17-9-7-5-4-6-8-16-24/h10-15H,4-9,16-17,24H2,1-3H3. The Morgan fingerprint density at radius 1 is 0.760 bits per heavy atom. The van der Waals surface area contributed by atoms with Crippen molar-refractivity contribution in [2.24, 2.45) is 5.73 Å². The van der Waals surface area contributed by atoms with Gasteiger partial charge < -0.3 is 10.5 Å². The van der Waals surface area contributed by atoms with Gasteiger partial charge in [-0.3, -0.25) is 0 Å². The molecule has 2 aromatic rings. The lowest BCUT2D eigenvalue weighted by atomic mass is 9.92. The molecule has 0 fully saturated rings. The summed E-state index contributed by atoms with van der Waals surface area (Å²) in [7, 11) is 0. The van der Waals surface area contributed by atoms with Gasteiger partial charge in [0.05, 0.1) is 6.61 Å². The Balaban J connectivity index is 1.93. The molecule has 0 aliphatic carbocycles. The van der Waals surface area contributed by atoms with E-state index in [0.717, 1.165) is 31.7 Å². The van der Waals surface area contributed by atoms with Crippen LogP contribution in [0.3, 0.4) is 0 Å². The third kappa shape index (κ3) is 5.61. The summed E-state index contributed by atoms with van der Waals surface area (Å²) in [6, 6.07) is 12.9. The lowest BCUT2D eigenvalue weighted by molar-refractivity contribution is 0.302. The number of nitrogens with two attached hydrogens (primary N) is 1. The summed E-state index contributed by atoms with van der Waals surface area (Å²) >= 11 is 0. The van der Waals surface area contributed by atoms with Gasteiger partial charge in [-0.1, -0.05) is 56.0 Å². The molecule has 0 aliphatic heterocycles. The van der Waals surface area contributed by atoms with Crippen LogP contribution in [0.25, 0.3) is 11.1 Å². The highest BCUT2D eigenvalue weighted by Crippen LogP contribution is 2.34. The van der Waals surface area contributed by atoms with Crippen LogP contribution in [0, 0.1) is 20.8 Å². The second kappa shape index (κ2) is 10.2. The Hall–Kier alpha value is -1.80. The Kier molecular flexibility index (Phi) is 8.00. The highest BCUT2D eigenvalue weighted by atomic mass is 16.5. The van der Waals surface area contributed by atoms with Crippen LogP contribution in [0.2, 0.25) is 0 Å². The van der Waals surface area contributed by atoms with Crippen LogP contribution in [0.5, 0.6) is 5.75 Å². The minimum absolute atomic E-state index is 0.800. The molecule has 2 rings (SSSR count). The predicted octanol–water partition coefficient (Wildman–Crippen LogP) is 5.96. The van der Waals surface area contributed by atoms with E-state index in [1.54, 1.807) is 0 Å². The molecule has 0 aliphatic rings. The van der Waals surface area contributed by atoms with Gasteiger partial charge in [-0.2, -0.15) is 0 Å². The van der Waals surface area contributed by atoms with Crippen molar-refractivity contribution in [3.05, 3.63) is 53.1 Å². The summed E-state index contributed by atoms with van der Waals surface area (Å²) in [5.74, 6) is 1.02. The first-order valence-electron chi connectivity index (χ1n) is 9.64. The zero-order valence-corrected chi connectivity index (χ0v) is 16.1. The van der Waals surface area contributed by atoms with Gasteiger partial charge in [0.15, 0.2) is 0 Å². The molecule has 2 heteroatoms. The maximum atomic E-state index is 6.09. The molecular formula is C23H33NO. The van der Waals surface area contributed by atoms with E-state index in [1.807, 2.05) is 0 Å². The van der Waals surface area contributed by atoms with Gasteiger partial charge in [-0.15, -0.1) is 0 Å². The van der Waals surface area contributed by atoms with E-state index in [0.29, 0.717) is 0 Å². The first kappa shape index (κ1) is 19.5. The molecule has 0 saturated heterocycles. The number of ether oxygens (including phenoxy) is 1. The first-order chi connectivity index (χ1) is 12.1. The Labute approximate surface area is 153 Å². The Morgan fingerprint density at radius 3 is 2.04 bits per heavy atom. The lowest BCUT2D eigenvalue weighted by Crippen LogP contribution is -2.01. The molecule has 2 nitrogen and oxygen atoms in total. The first-order valence-corrected chi connectivity index (χ1v) is 9.64. The molecule has 0 aromatic heterocycles. The highest BCUT2D eigenvalue weighted by Gasteiger charge is 2.11. The van der Waals surface area contributed by atoms with Crippen LogP contribution in [-0.2, 0) is 0 Å². The molecule has 0 unspecified atom stereocenters. The molecule has 0 heterocycles. The number of unbranched alkanes of at least 4 members (excludes halogenated alkanes) is 5. The summed E-state index contributed by atoms with van der Waals surface area (Å²) in [5.41, 5.74) is 12.0. The fraction of sp³-hybridized carbons (Fsp3) is 0.478. The molecule has 25 heavy (non-hydrogen) atoms. The maximum absolute atomic E-state index is 6.09. The molecule has 0 spiro atoms. The van der Waals surface area contributed by atoms with E-state index < -0.39 is 0 Å². The van der Waals surface area contributed by atoms with Gasteiger partial charge in [0.2, 0.25) is 0 Å². The molecule has 0 amide bonds. The van der Waals surface area contributed by atoms with E-state index in [1.165, 1.54) is 53.5 Å². The van der Waals surface area contributed by atoms with Crippen molar-refractivity contribution in [3.8, 4) is 16.9 Å². The normalized spacial score (nSPS) is 10.9. The van der Waals surface area contributed by atoms with Gasteiger partial charge in [0.25, 0.3) is 0 Å². The van der Waals surface area contributed by atoms with E-state index in [9.17, 15) is 0 Å². The van der Waals surface area contributed by atoms with Gasteiger partial charge >= 0.3 is 0 Å². The fourth-order valence-corrected chi connectivity index (χ4v) is 3.42. The summed E-state index contributed by atoms with van der Waals surface area (Å²) < 4.78 is 6.09. The number of hydrogen-bond donors (Lipinski definition) is 1. The molecule has 0 radical (unpaired) electrons. The van der Waals surface area contributed by atoms with Crippen molar-refractivity contribution in [3.63, 3.8) is 0 Å². The van der Waals surface area contributed by atoms with E-state index in [4.69, 9.17) is 10.5 Å². The smallest absolute Gasteiger partial charge is 0.122 e. The van der Waals surface area contributed by atoms with Crippen LogP contribution in [-0.4, -0.2) is 13.2 Å². The predicted molar refractivity (Wildman–Crippen MR) is 108 cm³/mol. The maximum Gasteiger partial charge on any atom is 0.122 e. The van der Waals surface area contributed by atoms with E-state index >= 15 is 0 Å². The van der Waals surface area contributed by atoms with Gasteiger partial charge in [0.1, 0.15) is 5.75 Å². The molecular weight excluding hydrogens is 306 g/mol. The third-order valence-electron chi connectivity index (χ3n) is 4.89. The van der Waals surface area contributed by atoms with Crippen molar-refractivity contribution < 1.29 is 4.74 Å². The molecule has 2 aromatic carbocycles. The number of aryl methyl sites for hydroxylation is 2. The Morgan fingerprint density at radius 2 is 1.36 bits per heavy atom. The molecule has 2 N–H and O–H groups in total. The van der Waals surface area contributed by atoms with Crippen LogP contribution < -0.4 is 10.5 Å². The summed E-state index contributed by atoms with van der Waals surface area (Å²) in [6.07, 6.45) is 7.34. The van der Waals surface area contributed by atoms with Crippen LogP contribution in [0.1, 0.15) is 55.2 Å².